The monoisotopic (exact) mass is 778 g/mol. The van der Waals surface area contributed by atoms with Gasteiger partial charge in [-0.25, -0.2) is 4.98 Å². The van der Waals surface area contributed by atoms with E-state index in [0.29, 0.717) is 17.4 Å². The third-order valence-corrected chi connectivity index (χ3v) is 9.87. The van der Waals surface area contributed by atoms with Crippen molar-refractivity contribution in [3.63, 3.8) is 0 Å². The van der Waals surface area contributed by atoms with Crippen LogP contribution in [-0.2, 0) is 33.3 Å². The predicted octanol–water partition coefficient (Wildman–Crippen LogP) is 12.0. The first-order valence-corrected chi connectivity index (χ1v) is 18.4. The van der Waals surface area contributed by atoms with Gasteiger partial charge in [-0.05, 0) is 103 Å². The summed E-state index contributed by atoms with van der Waals surface area (Å²) in [5.74, 6) is 2.90. The fourth-order valence-corrected chi connectivity index (χ4v) is 7.34. The molecule has 0 fully saturated rings. The summed E-state index contributed by atoms with van der Waals surface area (Å²) in [7, 11) is 0. The van der Waals surface area contributed by atoms with E-state index < -0.39 is 0 Å². The molecule has 0 saturated carbocycles. The average molecular weight is 779 g/mol. The van der Waals surface area contributed by atoms with Gasteiger partial charge in [0.25, 0.3) is 0 Å². The Morgan fingerprint density at radius 2 is 1.56 bits per heavy atom. The summed E-state index contributed by atoms with van der Waals surface area (Å²) in [4.78, 5) is 4.84. The second kappa shape index (κ2) is 15.6. The molecule has 0 spiro atoms. The van der Waals surface area contributed by atoms with Crippen LogP contribution in [0.25, 0.3) is 44.4 Å². The molecule has 0 N–H and O–H groups in total. The molecule has 6 heteroatoms. The second-order valence-corrected chi connectivity index (χ2v) is 14.7. The van der Waals surface area contributed by atoms with Crippen LogP contribution in [0, 0.1) is 38.8 Å². The van der Waals surface area contributed by atoms with Crippen molar-refractivity contribution < 1.29 is 25.2 Å². The molecule has 0 saturated heterocycles. The van der Waals surface area contributed by atoms with Gasteiger partial charge in [0.15, 0.2) is 0 Å². The number of hydrogen-bond donors (Lipinski definition) is 0. The summed E-state index contributed by atoms with van der Waals surface area (Å²) in [6, 6.07) is 35.1. The van der Waals surface area contributed by atoms with Crippen LogP contribution >= 0.6 is 0 Å². The number of aryl methyl sites for hydroxylation is 4. The number of aromatic nitrogens is 4. The van der Waals surface area contributed by atoms with Gasteiger partial charge in [0.05, 0.1) is 11.4 Å². The van der Waals surface area contributed by atoms with Crippen molar-refractivity contribution in [3.05, 3.63) is 131 Å². The van der Waals surface area contributed by atoms with Crippen LogP contribution in [-0.4, -0.2) is 19.3 Å². The van der Waals surface area contributed by atoms with Gasteiger partial charge in [0, 0.05) is 28.8 Å². The van der Waals surface area contributed by atoms with Gasteiger partial charge in [-0.15, -0.1) is 41.3 Å². The molecule has 268 valence electrons. The average Bonchev–Trinajstić information content (AvgIpc) is 3.60. The minimum absolute atomic E-state index is 0. The third-order valence-electron chi connectivity index (χ3n) is 9.87. The Kier molecular flexibility index (Phi) is 11.2. The molecule has 0 aliphatic rings. The Morgan fingerprint density at radius 1 is 0.788 bits per heavy atom. The number of fused-ring (bicyclic) bond motifs is 3. The molecule has 52 heavy (non-hydrogen) atoms. The van der Waals surface area contributed by atoms with E-state index in [0.717, 1.165) is 64.7 Å². The van der Waals surface area contributed by atoms with E-state index in [1.54, 1.807) is 0 Å². The van der Waals surface area contributed by atoms with Gasteiger partial charge < -0.3 is 9.30 Å². The summed E-state index contributed by atoms with van der Waals surface area (Å²) in [6.45, 7) is 17.7. The Bertz CT molecular complexity index is 2340. The smallest absolute Gasteiger partial charge is 0.509 e. The van der Waals surface area contributed by atoms with Crippen molar-refractivity contribution >= 4 is 21.8 Å². The number of nitrogens with zero attached hydrogens (tertiary/aromatic N) is 4. The fourth-order valence-electron chi connectivity index (χ4n) is 7.34. The van der Waals surface area contributed by atoms with E-state index >= 15 is 0 Å². The van der Waals surface area contributed by atoms with Gasteiger partial charge in [-0.3, -0.25) is 4.68 Å². The molecule has 0 amide bonds. The van der Waals surface area contributed by atoms with Crippen molar-refractivity contribution in [2.24, 2.45) is 5.92 Å². The van der Waals surface area contributed by atoms with Crippen LogP contribution in [0.4, 0.5) is 0 Å². The van der Waals surface area contributed by atoms with E-state index in [9.17, 15) is 0 Å². The maximum absolute atomic E-state index is 6.70. The molecule has 3 aromatic heterocycles. The van der Waals surface area contributed by atoms with Crippen LogP contribution in [0.15, 0.2) is 85.1 Å². The Balaban J connectivity index is 0.00000464. The topological polar surface area (TPSA) is 44.9 Å². The second-order valence-electron chi connectivity index (χ2n) is 14.7. The third kappa shape index (κ3) is 7.25. The van der Waals surface area contributed by atoms with Crippen LogP contribution in [0.5, 0.6) is 11.5 Å². The van der Waals surface area contributed by atoms with Crippen molar-refractivity contribution in [1.82, 2.24) is 19.3 Å². The Hall–Kier alpha value is -4.50. The zero-order chi connectivity index (χ0) is 35.8. The SMILES string of the molecule is CCCCc1ccnc(-n2c3[c-]c(Oc4[c-]c(-n5nc(C)c(-c6c(C)cccc6C)c5CC(C)C)cc(C(C)C)c4)ccc3c3ccccc32)c1.[Pd+2]. The molecular formula is C46H48N4OPd. The number of benzene rings is 4. The van der Waals surface area contributed by atoms with Crippen LogP contribution in [0.1, 0.15) is 87.0 Å². The van der Waals surface area contributed by atoms with E-state index in [1.807, 2.05) is 12.3 Å². The number of unbranched alkanes of at least 4 members (excludes halogenated alkanes) is 1. The van der Waals surface area contributed by atoms with Gasteiger partial charge >= 0.3 is 20.4 Å². The molecule has 0 aliphatic carbocycles. The number of para-hydroxylation sites is 1. The first kappa shape index (κ1) is 37.3. The normalized spacial score (nSPS) is 11.6. The molecule has 0 aliphatic heterocycles. The fraction of sp³-hybridized carbons (Fsp3) is 0.304. The first-order chi connectivity index (χ1) is 24.6. The summed E-state index contributed by atoms with van der Waals surface area (Å²) in [5.41, 5.74) is 12.6. The minimum Gasteiger partial charge on any atom is -0.509 e. The molecule has 0 radical (unpaired) electrons. The largest absolute Gasteiger partial charge is 2.00 e. The molecule has 7 rings (SSSR count). The quantitative estimate of drug-likeness (QED) is 0.0970. The van der Waals surface area contributed by atoms with Gasteiger partial charge in [-0.1, -0.05) is 83.0 Å². The van der Waals surface area contributed by atoms with E-state index in [-0.39, 0.29) is 26.3 Å². The van der Waals surface area contributed by atoms with Crippen LogP contribution in [0.2, 0.25) is 0 Å². The summed E-state index contributed by atoms with van der Waals surface area (Å²) >= 11 is 0. The van der Waals surface area contributed by atoms with E-state index in [1.165, 1.54) is 39.1 Å². The molecule has 5 nitrogen and oxygen atoms in total. The Labute approximate surface area is 322 Å². The predicted molar refractivity (Wildman–Crippen MR) is 211 cm³/mol. The summed E-state index contributed by atoms with van der Waals surface area (Å²) in [6.07, 6.45) is 6.16. The number of rotatable bonds is 11. The molecule has 4 aromatic carbocycles. The zero-order valence-corrected chi connectivity index (χ0v) is 33.1. The van der Waals surface area contributed by atoms with Gasteiger partial charge in [-0.2, -0.15) is 11.2 Å². The molecule has 0 atom stereocenters. The zero-order valence-electron chi connectivity index (χ0n) is 31.6. The summed E-state index contributed by atoms with van der Waals surface area (Å²) < 4.78 is 11.0. The number of pyridine rings is 1. The van der Waals surface area contributed by atoms with E-state index in [2.05, 4.69) is 150 Å². The van der Waals surface area contributed by atoms with Crippen LogP contribution in [0.3, 0.4) is 0 Å². The maximum Gasteiger partial charge on any atom is 2.00 e. The minimum atomic E-state index is 0. The maximum atomic E-state index is 6.70. The van der Waals surface area contributed by atoms with Crippen molar-refractivity contribution in [2.45, 2.75) is 87.0 Å². The molecule has 0 unspecified atom stereocenters. The number of hydrogen-bond acceptors (Lipinski definition) is 3. The Morgan fingerprint density at radius 3 is 2.29 bits per heavy atom. The van der Waals surface area contributed by atoms with Crippen molar-refractivity contribution in [3.8, 4) is 34.1 Å². The van der Waals surface area contributed by atoms with Crippen molar-refractivity contribution in [1.29, 1.82) is 0 Å². The summed E-state index contributed by atoms with van der Waals surface area (Å²) in [5, 5.41) is 7.47. The standard InChI is InChI=1S/C46H48N4O.Pd/c1-9-10-16-34-21-22-47-44(24-34)49-41-18-12-11-17-39(41)40-20-19-37(28-42(40)49)51-38-26-35(30(4)5)25-36(27-38)50-43(23-29(2)3)46(33(8)48-50)45-31(6)14-13-15-32(45)7;/h11-15,17-22,24-26,29-30H,9-10,16,23H2,1-8H3;/q-2;+2. The van der Waals surface area contributed by atoms with E-state index in [4.69, 9.17) is 14.8 Å². The first-order valence-electron chi connectivity index (χ1n) is 18.4. The molecule has 3 heterocycles. The van der Waals surface area contributed by atoms with Crippen molar-refractivity contribution in [2.75, 3.05) is 0 Å². The van der Waals surface area contributed by atoms with Crippen LogP contribution < -0.4 is 4.74 Å². The molecular weight excluding hydrogens is 731 g/mol. The molecule has 7 aromatic rings. The van der Waals surface area contributed by atoms with Gasteiger partial charge in [0.1, 0.15) is 5.82 Å². The number of ether oxygens (including phenoxy) is 1. The van der Waals surface area contributed by atoms with Gasteiger partial charge in [0.2, 0.25) is 0 Å². The molecule has 0 bridgehead atoms.